The average molecular weight is 247 g/mol. The number of hydrogen-bond donors (Lipinski definition) is 1. The van der Waals surface area contributed by atoms with E-state index in [1.54, 1.807) is 0 Å². The minimum atomic E-state index is 0.457. The van der Waals surface area contributed by atoms with Gasteiger partial charge in [-0.3, -0.25) is 4.68 Å². The highest BCUT2D eigenvalue weighted by Crippen LogP contribution is 2.08. The third kappa shape index (κ3) is 3.20. The number of aryl methyl sites for hydroxylation is 1. The summed E-state index contributed by atoms with van der Waals surface area (Å²) in [6, 6.07) is 0.457. The summed E-state index contributed by atoms with van der Waals surface area (Å²) in [5.41, 5.74) is 2.43. The van der Waals surface area contributed by atoms with E-state index in [2.05, 4.69) is 46.9 Å². The van der Waals surface area contributed by atoms with Gasteiger partial charge in [0.05, 0.1) is 24.8 Å². The average Bonchev–Trinajstić information content (AvgIpc) is 2.93. The van der Waals surface area contributed by atoms with Gasteiger partial charge < -0.3 is 9.88 Å². The van der Waals surface area contributed by atoms with Crippen molar-refractivity contribution in [3.8, 4) is 0 Å². The van der Waals surface area contributed by atoms with Crippen LogP contribution in [0, 0.1) is 6.92 Å². The molecule has 2 rings (SSSR count). The molecule has 0 unspecified atom stereocenters. The van der Waals surface area contributed by atoms with E-state index in [1.165, 1.54) is 11.3 Å². The molecule has 0 aromatic carbocycles. The number of hydrogen-bond acceptors (Lipinski definition) is 3. The molecule has 5 nitrogen and oxygen atoms in total. The third-order valence-electron chi connectivity index (χ3n) is 2.89. The molecule has 2 heterocycles. The van der Waals surface area contributed by atoms with Crippen LogP contribution in [0.5, 0.6) is 0 Å². The van der Waals surface area contributed by atoms with Gasteiger partial charge in [-0.25, -0.2) is 4.98 Å². The Kier molecular flexibility index (Phi) is 4.15. The first-order chi connectivity index (χ1) is 8.66. The molecule has 0 aliphatic rings. The molecular weight excluding hydrogens is 226 g/mol. The molecule has 2 aromatic rings. The van der Waals surface area contributed by atoms with Gasteiger partial charge in [-0.15, -0.1) is 0 Å². The Morgan fingerprint density at radius 2 is 2.17 bits per heavy atom. The van der Waals surface area contributed by atoms with Gasteiger partial charge in [-0.2, -0.15) is 5.10 Å². The molecule has 0 aliphatic heterocycles. The first-order valence-corrected chi connectivity index (χ1v) is 6.37. The van der Waals surface area contributed by atoms with Crippen molar-refractivity contribution in [2.24, 2.45) is 0 Å². The summed E-state index contributed by atoms with van der Waals surface area (Å²) in [4.78, 5) is 4.19. The van der Waals surface area contributed by atoms with Gasteiger partial charge in [0.1, 0.15) is 0 Å². The molecule has 98 valence electrons. The summed E-state index contributed by atoms with van der Waals surface area (Å²) >= 11 is 0. The molecule has 0 bridgehead atoms. The minimum absolute atomic E-state index is 0.457. The van der Waals surface area contributed by atoms with Crippen LogP contribution in [-0.2, 0) is 13.1 Å². The van der Waals surface area contributed by atoms with Crippen LogP contribution in [0.2, 0.25) is 0 Å². The molecule has 0 aliphatic carbocycles. The largest absolute Gasteiger partial charge is 0.331 e. The van der Waals surface area contributed by atoms with Crippen LogP contribution >= 0.6 is 0 Å². The smallest absolute Gasteiger partial charge is 0.0951 e. The second-order valence-electron chi connectivity index (χ2n) is 4.84. The standard InChI is InChI=1S/C13H21N5/c1-11(2)18-10-15-8-13(18)7-14-4-5-17-9-12(3)6-16-17/h6,8-11,14H,4-5,7H2,1-3H3. The van der Waals surface area contributed by atoms with E-state index >= 15 is 0 Å². The van der Waals surface area contributed by atoms with Crippen molar-refractivity contribution >= 4 is 0 Å². The van der Waals surface area contributed by atoms with Gasteiger partial charge >= 0.3 is 0 Å². The summed E-state index contributed by atoms with van der Waals surface area (Å²) in [6.45, 7) is 9.03. The second kappa shape index (κ2) is 5.82. The zero-order valence-electron chi connectivity index (χ0n) is 11.3. The Labute approximate surface area is 108 Å². The van der Waals surface area contributed by atoms with E-state index < -0.39 is 0 Å². The molecule has 0 amide bonds. The monoisotopic (exact) mass is 247 g/mol. The van der Waals surface area contributed by atoms with Gasteiger partial charge in [0.15, 0.2) is 0 Å². The summed E-state index contributed by atoms with van der Waals surface area (Å²) in [7, 11) is 0. The Balaban J connectivity index is 1.77. The third-order valence-corrected chi connectivity index (χ3v) is 2.89. The SMILES string of the molecule is Cc1cnn(CCNCc2cncn2C(C)C)c1. The van der Waals surface area contributed by atoms with E-state index in [9.17, 15) is 0 Å². The molecule has 0 saturated carbocycles. The summed E-state index contributed by atoms with van der Waals surface area (Å²) in [5, 5.41) is 7.67. The molecule has 1 N–H and O–H groups in total. The van der Waals surface area contributed by atoms with E-state index in [4.69, 9.17) is 0 Å². The predicted octanol–water partition coefficient (Wildman–Crippen LogP) is 1.76. The molecule has 0 radical (unpaired) electrons. The van der Waals surface area contributed by atoms with Crippen molar-refractivity contribution in [1.82, 2.24) is 24.6 Å². The maximum absolute atomic E-state index is 4.26. The molecule has 0 saturated heterocycles. The molecule has 0 atom stereocenters. The molecule has 2 aromatic heterocycles. The van der Waals surface area contributed by atoms with Crippen molar-refractivity contribution < 1.29 is 0 Å². The highest BCUT2D eigenvalue weighted by atomic mass is 15.3. The van der Waals surface area contributed by atoms with Gasteiger partial charge in [-0.1, -0.05) is 0 Å². The Morgan fingerprint density at radius 1 is 1.33 bits per heavy atom. The first-order valence-electron chi connectivity index (χ1n) is 6.37. The molecule has 0 spiro atoms. The van der Waals surface area contributed by atoms with E-state index in [-0.39, 0.29) is 0 Å². The molecular formula is C13H21N5. The highest BCUT2D eigenvalue weighted by Gasteiger charge is 2.04. The Hall–Kier alpha value is -1.62. The fourth-order valence-corrected chi connectivity index (χ4v) is 1.93. The number of nitrogens with one attached hydrogen (secondary N) is 1. The lowest BCUT2D eigenvalue weighted by Crippen LogP contribution is -2.21. The van der Waals surface area contributed by atoms with Crippen LogP contribution in [0.3, 0.4) is 0 Å². The quantitative estimate of drug-likeness (QED) is 0.791. The normalized spacial score (nSPS) is 11.3. The lowest BCUT2D eigenvalue weighted by atomic mass is 10.3. The number of aromatic nitrogens is 4. The van der Waals surface area contributed by atoms with Crippen LogP contribution in [0.25, 0.3) is 0 Å². The highest BCUT2D eigenvalue weighted by molar-refractivity contribution is 5.00. The van der Waals surface area contributed by atoms with E-state index in [0.717, 1.165) is 19.6 Å². The summed E-state index contributed by atoms with van der Waals surface area (Å²) in [5.74, 6) is 0. The maximum Gasteiger partial charge on any atom is 0.0951 e. The van der Waals surface area contributed by atoms with Crippen LogP contribution in [0.4, 0.5) is 0 Å². The van der Waals surface area contributed by atoms with Gasteiger partial charge in [0.2, 0.25) is 0 Å². The zero-order chi connectivity index (χ0) is 13.0. The lowest BCUT2D eigenvalue weighted by molar-refractivity contribution is 0.522. The minimum Gasteiger partial charge on any atom is -0.331 e. The van der Waals surface area contributed by atoms with Crippen LogP contribution in [0.1, 0.15) is 31.1 Å². The fraction of sp³-hybridized carbons (Fsp3) is 0.538. The topological polar surface area (TPSA) is 47.7 Å². The fourth-order valence-electron chi connectivity index (χ4n) is 1.93. The van der Waals surface area contributed by atoms with Gasteiger partial charge in [0, 0.05) is 31.5 Å². The van der Waals surface area contributed by atoms with E-state index in [0.29, 0.717) is 6.04 Å². The van der Waals surface area contributed by atoms with Crippen molar-refractivity contribution in [2.45, 2.75) is 39.9 Å². The van der Waals surface area contributed by atoms with E-state index in [1.807, 2.05) is 23.4 Å². The Morgan fingerprint density at radius 3 is 2.83 bits per heavy atom. The summed E-state index contributed by atoms with van der Waals surface area (Å²) in [6.07, 6.45) is 7.75. The maximum atomic E-state index is 4.26. The van der Waals surface area contributed by atoms with Crippen molar-refractivity contribution in [1.29, 1.82) is 0 Å². The zero-order valence-corrected chi connectivity index (χ0v) is 11.3. The van der Waals surface area contributed by atoms with Crippen molar-refractivity contribution in [3.63, 3.8) is 0 Å². The molecule has 5 heteroatoms. The van der Waals surface area contributed by atoms with Gasteiger partial charge in [-0.05, 0) is 26.3 Å². The second-order valence-corrected chi connectivity index (χ2v) is 4.84. The van der Waals surface area contributed by atoms with Crippen molar-refractivity contribution in [3.05, 3.63) is 36.2 Å². The molecule has 0 fully saturated rings. The van der Waals surface area contributed by atoms with Crippen molar-refractivity contribution in [2.75, 3.05) is 6.54 Å². The number of imidazole rings is 1. The molecule has 18 heavy (non-hydrogen) atoms. The summed E-state index contributed by atoms with van der Waals surface area (Å²) < 4.78 is 4.15. The lowest BCUT2D eigenvalue weighted by Gasteiger charge is -2.12. The van der Waals surface area contributed by atoms with Crippen LogP contribution < -0.4 is 5.32 Å². The first kappa shape index (κ1) is 12.8. The van der Waals surface area contributed by atoms with Gasteiger partial charge in [0.25, 0.3) is 0 Å². The number of nitrogens with zero attached hydrogens (tertiary/aromatic N) is 4. The number of rotatable bonds is 6. The predicted molar refractivity (Wildman–Crippen MR) is 71.3 cm³/mol. The Bertz CT molecular complexity index is 483. The van der Waals surface area contributed by atoms with Crippen LogP contribution in [-0.4, -0.2) is 25.9 Å². The van der Waals surface area contributed by atoms with Crippen LogP contribution in [0.15, 0.2) is 24.9 Å².